The summed E-state index contributed by atoms with van der Waals surface area (Å²) in [5, 5.41) is 16.5. The highest BCUT2D eigenvalue weighted by atomic mass is 16.3. The van der Waals surface area contributed by atoms with Crippen LogP contribution in [-0.2, 0) is 41.7 Å². The third-order valence-electron chi connectivity index (χ3n) is 30.0. The molecule has 2 amide bonds. The number of aromatic hydroxyl groups is 1. The number of nitrogens with zero attached hydrogens (tertiary/aromatic N) is 5. The fourth-order valence-electron chi connectivity index (χ4n) is 25.5. The largest absolute Gasteiger partial charge is 0.508 e. The Labute approximate surface area is 658 Å². The zero-order chi connectivity index (χ0) is 76.0. The van der Waals surface area contributed by atoms with Crippen LogP contribution >= 0.6 is 0 Å². The standard InChI is InChI=1S/2C20H20N2O.2C20H22N2.C19H24N2O/c2*1-3-13-7-12-8-16-19-15(9-18(23)22(10-12)20(13)16)14-6-11(2)4-5-17(14)21-19;2*1-3-14-9-13-10-17-19-15(6-7-22(11-13)20(14)17)16-8-12(2)4-5-18(16)21-19;1-2-12-7-11-8-16-18-14(5-6-21(10-11)19(12)16)15-9-13(22)3-4-17(15)20-18/h2*3-7,12,16,20-21H,1,8-10H2,2H3;2*3-5,8-9,13,17,20-21H,1,6-7,10-11H2,2H3;3-4,9,11-12,16,19-20,22H,2,5-8,10H2,1H3/t;;;;11?,12-,16?,19?/m....0/s1. The molecule has 10 aromatic rings. The number of fused-ring (bicyclic) bond motifs is 16. The third kappa shape index (κ3) is 11.3. The number of hydrogen-bond acceptors (Lipinski definition) is 6. The van der Waals surface area contributed by atoms with Crippen LogP contribution in [0.1, 0.15) is 160 Å². The number of carbonyl (C=O) groups excluding carboxylic acids is 2. The Bertz CT molecular complexity index is 5470. The Balaban J connectivity index is 0.0000000884. The summed E-state index contributed by atoms with van der Waals surface area (Å²) in [5.41, 5.74) is 30.8. The number of piperidine rings is 6. The maximum atomic E-state index is 12.9. The van der Waals surface area contributed by atoms with E-state index in [9.17, 15) is 14.7 Å². The molecule has 13 nitrogen and oxygen atoms in total. The van der Waals surface area contributed by atoms with Crippen molar-refractivity contribution < 1.29 is 14.7 Å². The van der Waals surface area contributed by atoms with Crippen LogP contribution in [0.3, 0.4) is 0 Å². The molecule has 20 heterocycles. The summed E-state index contributed by atoms with van der Waals surface area (Å²) in [5.74, 6) is 7.61. The van der Waals surface area contributed by atoms with E-state index < -0.39 is 0 Å². The Morgan fingerprint density at radius 3 is 1.13 bits per heavy atom. The van der Waals surface area contributed by atoms with Crippen molar-refractivity contribution in [1.29, 1.82) is 0 Å². The average Bonchev–Trinajstić information content (AvgIpc) is 1.61. The Morgan fingerprint density at radius 1 is 0.393 bits per heavy atom. The SMILES string of the molecule is C=CC1=CC2CC3c4[nH]c5ccc(C)cc5c4CC(=O)N(C2)C13.C=CC1=CC2CC3c4[nH]c5ccc(C)cc5c4CC(=O)N(C2)C13.C=CC1=CC2CC3c4[nH]c5ccc(C)cc5c4CCN(C2)C13.C=CC1=CC2CC3c4[nH]c5ccc(C)cc5c4CCN(C2)C13.CC[C@H]1CC2CC3c4[nH]c5ccc(O)cc5c4CCN(C2)C31. The molecule has 5 aliphatic carbocycles. The zero-order valence-corrected chi connectivity index (χ0v) is 66.0. The van der Waals surface area contributed by atoms with Gasteiger partial charge in [-0.05, 0) is 238 Å². The van der Waals surface area contributed by atoms with Crippen molar-refractivity contribution >= 4 is 66.3 Å². The number of amides is 2. The fraction of sp³-hybridized carbons (Fsp3) is 0.414. The van der Waals surface area contributed by atoms with E-state index in [1.165, 1.54) is 217 Å². The van der Waals surface area contributed by atoms with Crippen molar-refractivity contribution in [2.45, 2.75) is 171 Å². The van der Waals surface area contributed by atoms with Crippen molar-refractivity contribution in [3.63, 3.8) is 0 Å². The summed E-state index contributed by atoms with van der Waals surface area (Å²) >= 11 is 0. The predicted molar refractivity (Wildman–Crippen MR) is 453 cm³/mol. The fourth-order valence-corrected chi connectivity index (χ4v) is 25.5. The lowest BCUT2D eigenvalue weighted by Crippen LogP contribution is -2.56. The van der Waals surface area contributed by atoms with Crippen LogP contribution in [0.15, 0.2) is 188 Å². The van der Waals surface area contributed by atoms with E-state index in [1.54, 1.807) is 17.2 Å². The number of phenolic OH excluding ortho intramolecular Hbond substituents is 1. The Kier molecular flexibility index (Phi) is 16.9. The van der Waals surface area contributed by atoms with Crippen molar-refractivity contribution in [3.8, 4) is 5.75 Å². The number of rotatable bonds is 5. The van der Waals surface area contributed by atoms with Crippen LogP contribution in [-0.4, -0.2) is 149 Å². The van der Waals surface area contributed by atoms with E-state index >= 15 is 0 Å². The third-order valence-corrected chi connectivity index (χ3v) is 30.0. The summed E-state index contributed by atoms with van der Waals surface area (Å²) in [6, 6.07) is 34.6. The number of phenols is 1. The van der Waals surface area contributed by atoms with E-state index in [1.807, 2.05) is 24.3 Å². The minimum atomic E-state index is 0.167. The van der Waals surface area contributed by atoms with Crippen LogP contribution in [0.25, 0.3) is 54.5 Å². The molecular weight excluding hydrogens is 1380 g/mol. The molecule has 572 valence electrons. The van der Waals surface area contributed by atoms with Gasteiger partial charge in [-0.2, -0.15) is 0 Å². The molecule has 19 atom stereocenters. The highest BCUT2D eigenvalue weighted by Crippen LogP contribution is 2.55. The second-order valence-electron chi connectivity index (χ2n) is 36.5. The number of aryl methyl sites for hydroxylation is 4. The average molecular weight is 1490 g/mol. The summed E-state index contributed by atoms with van der Waals surface area (Å²) < 4.78 is 0. The molecule has 13 heteroatoms. The van der Waals surface area contributed by atoms with E-state index in [-0.39, 0.29) is 23.9 Å². The highest BCUT2D eigenvalue weighted by molar-refractivity contribution is 5.95. The number of hydrogen-bond donors (Lipinski definition) is 6. The van der Waals surface area contributed by atoms with Gasteiger partial charge >= 0.3 is 0 Å². The quantitative estimate of drug-likeness (QED) is 0.101. The van der Waals surface area contributed by atoms with E-state index in [0.29, 0.717) is 83.9 Å². The molecule has 20 aliphatic rings. The van der Waals surface area contributed by atoms with Gasteiger partial charge in [-0.3, -0.25) is 24.3 Å². The number of aromatic amines is 5. The summed E-state index contributed by atoms with van der Waals surface area (Å²) in [7, 11) is 0. The molecule has 15 aliphatic heterocycles. The predicted octanol–water partition coefficient (Wildman–Crippen LogP) is 18.4. The maximum absolute atomic E-state index is 12.9. The van der Waals surface area contributed by atoms with Gasteiger partial charge in [-0.15, -0.1) is 0 Å². The Hall–Kier alpha value is -9.66. The summed E-state index contributed by atoms with van der Waals surface area (Å²) in [6.07, 6.45) is 31.1. The minimum absolute atomic E-state index is 0.167. The van der Waals surface area contributed by atoms with Gasteiger partial charge in [-0.1, -0.05) is 135 Å². The van der Waals surface area contributed by atoms with Crippen molar-refractivity contribution in [2.75, 3.05) is 52.4 Å². The van der Waals surface area contributed by atoms with Crippen LogP contribution < -0.4 is 0 Å². The summed E-state index contributed by atoms with van der Waals surface area (Å²) in [4.78, 5) is 56.8. The maximum Gasteiger partial charge on any atom is 0.227 e. The molecule has 1 saturated carbocycles. The number of nitrogens with one attached hydrogen (secondary N) is 5. The van der Waals surface area contributed by atoms with Crippen molar-refractivity contribution in [1.82, 2.24) is 49.4 Å². The minimum Gasteiger partial charge on any atom is -0.508 e. The molecule has 20 bridgehead atoms. The lowest BCUT2D eigenvalue weighted by atomic mass is 9.65. The molecule has 0 radical (unpaired) electrons. The van der Waals surface area contributed by atoms with Crippen LogP contribution in [0.4, 0.5) is 0 Å². The lowest BCUT2D eigenvalue weighted by Gasteiger charge is -2.53. The molecule has 6 saturated heterocycles. The first kappa shape index (κ1) is 70.2. The highest BCUT2D eigenvalue weighted by Gasteiger charge is 2.53. The van der Waals surface area contributed by atoms with Gasteiger partial charge in [0.1, 0.15) is 5.75 Å². The number of H-pyrrole nitrogens is 5. The van der Waals surface area contributed by atoms with Crippen LogP contribution in [0.5, 0.6) is 5.75 Å². The Morgan fingerprint density at radius 2 is 0.732 bits per heavy atom. The van der Waals surface area contributed by atoms with Crippen molar-refractivity contribution in [2.24, 2.45) is 35.5 Å². The van der Waals surface area contributed by atoms with Crippen LogP contribution in [0.2, 0.25) is 0 Å². The van der Waals surface area contributed by atoms with Gasteiger partial charge in [0.15, 0.2) is 0 Å². The van der Waals surface area contributed by atoms with Gasteiger partial charge in [0.05, 0.1) is 24.9 Å². The smallest absolute Gasteiger partial charge is 0.227 e. The van der Waals surface area contributed by atoms with Gasteiger partial charge in [-0.25, -0.2) is 0 Å². The molecule has 5 aromatic heterocycles. The second kappa shape index (κ2) is 27.0. The van der Waals surface area contributed by atoms with E-state index in [0.717, 1.165) is 61.3 Å². The molecule has 18 unspecified atom stereocenters. The van der Waals surface area contributed by atoms with Gasteiger partial charge in [0.2, 0.25) is 11.8 Å². The molecule has 7 fully saturated rings. The molecule has 6 N–H and O–H groups in total. The molecular formula is C99H108N10O3. The first-order valence-electron chi connectivity index (χ1n) is 42.5. The van der Waals surface area contributed by atoms with Crippen LogP contribution in [0, 0.1) is 63.2 Å². The summed E-state index contributed by atoms with van der Waals surface area (Å²) in [6.45, 7) is 36.1. The van der Waals surface area contributed by atoms with E-state index in [4.69, 9.17) is 0 Å². The molecule has 112 heavy (non-hydrogen) atoms. The second-order valence-corrected chi connectivity index (χ2v) is 36.5. The molecule has 30 rings (SSSR count). The van der Waals surface area contributed by atoms with Gasteiger partial charge < -0.3 is 39.8 Å². The van der Waals surface area contributed by atoms with Gasteiger partial charge in [0, 0.05) is 183 Å². The number of benzene rings is 5. The van der Waals surface area contributed by atoms with Gasteiger partial charge in [0.25, 0.3) is 0 Å². The normalized spacial score (nSPS) is 31.6. The monoisotopic (exact) mass is 1480 g/mol. The lowest BCUT2D eigenvalue weighted by molar-refractivity contribution is -0.135. The van der Waals surface area contributed by atoms with E-state index in [2.05, 4.69) is 220 Å². The number of aromatic nitrogens is 5. The first-order valence-corrected chi connectivity index (χ1v) is 42.5. The topological polar surface area (TPSA) is 150 Å². The first-order chi connectivity index (χ1) is 54.5. The molecule has 0 spiro atoms. The van der Waals surface area contributed by atoms with Crippen molar-refractivity contribution in [3.05, 3.63) is 267 Å². The zero-order valence-electron chi connectivity index (χ0n) is 66.0. The number of carbonyl (C=O) groups is 2. The molecule has 5 aromatic carbocycles.